The van der Waals surface area contributed by atoms with Crippen LogP contribution in [0.15, 0.2) is 34.9 Å². The van der Waals surface area contributed by atoms with Crippen molar-refractivity contribution in [2.45, 2.75) is 25.7 Å². The number of rotatable bonds is 8. The summed E-state index contributed by atoms with van der Waals surface area (Å²) in [4.78, 5) is 15.9. The van der Waals surface area contributed by atoms with E-state index in [1.165, 1.54) is 0 Å². The third kappa shape index (κ3) is 7.53. The van der Waals surface area contributed by atoms with E-state index < -0.39 is 0 Å². The molecule has 0 unspecified atom stereocenters. The van der Waals surface area contributed by atoms with Gasteiger partial charge < -0.3 is 15.5 Å². The lowest BCUT2D eigenvalue weighted by Gasteiger charge is -2.03. The van der Waals surface area contributed by atoms with E-state index in [1.54, 1.807) is 18.3 Å². The van der Waals surface area contributed by atoms with Gasteiger partial charge in [0.25, 0.3) is 0 Å². The third-order valence-corrected chi connectivity index (χ3v) is 3.45. The van der Waals surface area contributed by atoms with Gasteiger partial charge in [-0.15, -0.1) is 24.8 Å². The van der Waals surface area contributed by atoms with E-state index in [-0.39, 0.29) is 30.7 Å². The molecule has 0 aliphatic rings. The number of benzene rings is 1. The molecule has 1 amide bonds. The predicted molar refractivity (Wildman–Crippen MR) is 101 cm³/mol. The summed E-state index contributed by atoms with van der Waals surface area (Å²) < 4.78 is 5.65. The van der Waals surface area contributed by atoms with Crippen molar-refractivity contribution in [1.29, 1.82) is 0 Å². The number of hydrogen-bond acceptors (Lipinski definition) is 4. The second-order valence-electron chi connectivity index (χ2n) is 4.97. The Morgan fingerprint density at radius 1 is 1.21 bits per heavy atom. The first-order chi connectivity index (χ1) is 10.7. The van der Waals surface area contributed by atoms with E-state index in [9.17, 15) is 4.79 Å². The molecule has 3 N–H and O–H groups in total. The minimum Gasteiger partial charge on any atom is -0.441 e. The maximum Gasteiger partial charge on any atom is 0.220 e. The van der Waals surface area contributed by atoms with E-state index in [4.69, 9.17) is 21.8 Å². The fourth-order valence-corrected chi connectivity index (χ4v) is 2.11. The Morgan fingerprint density at radius 3 is 2.58 bits per heavy atom. The standard InChI is InChI=1S/C16H20ClN3O2.2ClH/c17-13-5-3-12(4-6-13)14-11-20-16(22-14)8-7-15(21)19-10-2-1-9-18;;/h3-6,11H,1-2,7-10,18H2,(H,19,21);2*1H. The number of unbranched alkanes of at least 4 members (excludes halogenated alkanes) is 1. The molecule has 0 spiro atoms. The van der Waals surface area contributed by atoms with Crippen LogP contribution in [-0.4, -0.2) is 24.0 Å². The number of carbonyl (C=O) groups is 1. The average molecular weight is 395 g/mol. The first-order valence-corrected chi connectivity index (χ1v) is 7.74. The quantitative estimate of drug-likeness (QED) is 0.670. The molecule has 134 valence electrons. The van der Waals surface area contributed by atoms with Gasteiger partial charge in [0.2, 0.25) is 5.91 Å². The zero-order valence-electron chi connectivity index (χ0n) is 13.2. The van der Waals surface area contributed by atoms with E-state index >= 15 is 0 Å². The molecule has 0 atom stereocenters. The Hall–Kier alpha value is -1.27. The van der Waals surface area contributed by atoms with Crippen molar-refractivity contribution in [2.24, 2.45) is 5.73 Å². The molecule has 8 heteroatoms. The van der Waals surface area contributed by atoms with Crippen LogP contribution in [0.1, 0.15) is 25.2 Å². The number of hydrogen-bond donors (Lipinski definition) is 2. The van der Waals surface area contributed by atoms with E-state index in [0.29, 0.717) is 42.6 Å². The number of aryl methyl sites for hydroxylation is 1. The van der Waals surface area contributed by atoms with Crippen LogP contribution < -0.4 is 11.1 Å². The summed E-state index contributed by atoms with van der Waals surface area (Å²) in [6.45, 7) is 1.32. The highest BCUT2D eigenvalue weighted by atomic mass is 35.5. The van der Waals surface area contributed by atoms with Crippen LogP contribution in [0.4, 0.5) is 0 Å². The Balaban J connectivity index is 0.00000264. The van der Waals surface area contributed by atoms with E-state index in [2.05, 4.69) is 10.3 Å². The number of carbonyl (C=O) groups excluding carboxylic acids is 1. The lowest BCUT2D eigenvalue weighted by Crippen LogP contribution is -2.25. The van der Waals surface area contributed by atoms with Gasteiger partial charge in [-0.3, -0.25) is 4.79 Å². The Kier molecular flexibility index (Phi) is 11.5. The molecule has 1 aromatic heterocycles. The molecule has 5 nitrogen and oxygen atoms in total. The van der Waals surface area contributed by atoms with Gasteiger partial charge in [0.05, 0.1) is 6.20 Å². The minimum absolute atomic E-state index is 0. The number of halogens is 3. The lowest BCUT2D eigenvalue weighted by molar-refractivity contribution is -0.121. The summed E-state index contributed by atoms with van der Waals surface area (Å²) in [6, 6.07) is 7.34. The summed E-state index contributed by atoms with van der Waals surface area (Å²) in [5.74, 6) is 1.24. The molecular formula is C16H22Cl3N3O2. The third-order valence-electron chi connectivity index (χ3n) is 3.20. The fourth-order valence-electron chi connectivity index (χ4n) is 1.98. The topological polar surface area (TPSA) is 81.1 Å². The van der Waals surface area contributed by atoms with Crippen LogP contribution in [0.25, 0.3) is 11.3 Å². The molecule has 0 fully saturated rings. The predicted octanol–water partition coefficient (Wildman–Crippen LogP) is 3.63. The molecule has 1 aromatic carbocycles. The SMILES string of the molecule is Cl.Cl.NCCCCNC(=O)CCc1ncc(-c2ccc(Cl)cc2)o1. The number of nitrogens with two attached hydrogens (primary N) is 1. The molecular weight excluding hydrogens is 373 g/mol. The van der Waals surface area contributed by atoms with Crippen molar-refractivity contribution in [2.75, 3.05) is 13.1 Å². The van der Waals surface area contributed by atoms with Crippen molar-refractivity contribution in [3.63, 3.8) is 0 Å². The van der Waals surface area contributed by atoms with Crippen LogP contribution in [0, 0.1) is 0 Å². The first kappa shape index (κ1) is 22.7. The number of nitrogens with zero attached hydrogens (tertiary/aromatic N) is 1. The van der Waals surface area contributed by atoms with Gasteiger partial charge in [0.15, 0.2) is 11.7 Å². The lowest BCUT2D eigenvalue weighted by atomic mass is 10.2. The van der Waals surface area contributed by atoms with Gasteiger partial charge in [-0.2, -0.15) is 0 Å². The highest BCUT2D eigenvalue weighted by Gasteiger charge is 2.08. The Labute approximate surface area is 159 Å². The minimum atomic E-state index is 0. The highest BCUT2D eigenvalue weighted by Crippen LogP contribution is 2.22. The van der Waals surface area contributed by atoms with Gasteiger partial charge in [-0.05, 0) is 43.7 Å². The number of nitrogens with one attached hydrogen (secondary N) is 1. The molecule has 1 heterocycles. The van der Waals surface area contributed by atoms with Crippen LogP contribution in [-0.2, 0) is 11.2 Å². The molecule has 0 radical (unpaired) electrons. The zero-order chi connectivity index (χ0) is 15.8. The molecule has 2 aromatic rings. The molecule has 24 heavy (non-hydrogen) atoms. The summed E-state index contributed by atoms with van der Waals surface area (Å²) in [6.07, 6.45) is 4.34. The fraction of sp³-hybridized carbons (Fsp3) is 0.375. The van der Waals surface area contributed by atoms with Crippen LogP contribution >= 0.6 is 36.4 Å². The summed E-state index contributed by atoms with van der Waals surface area (Å²) in [5, 5.41) is 3.53. The second-order valence-corrected chi connectivity index (χ2v) is 5.41. The van der Waals surface area contributed by atoms with Crippen molar-refractivity contribution in [3.05, 3.63) is 41.4 Å². The normalized spacial score (nSPS) is 9.75. The van der Waals surface area contributed by atoms with Crippen molar-refractivity contribution >= 4 is 42.3 Å². The van der Waals surface area contributed by atoms with E-state index in [1.807, 2.05) is 12.1 Å². The van der Waals surface area contributed by atoms with Gasteiger partial charge in [-0.25, -0.2) is 4.98 Å². The van der Waals surface area contributed by atoms with Crippen molar-refractivity contribution < 1.29 is 9.21 Å². The second kappa shape index (κ2) is 12.1. The van der Waals surface area contributed by atoms with Crippen LogP contribution in [0.3, 0.4) is 0 Å². The van der Waals surface area contributed by atoms with Crippen LogP contribution in [0.2, 0.25) is 5.02 Å². The van der Waals surface area contributed by atoms with Gasteiger partial charge in [0, 0.05) is 30.0 Å². The summed E-state index contributed by atoms with van der Waals surface area (Å²) in [5.41, 5.74) is 6.31. The maximum absolute atomic E-state index is 11.7. The molecule has 0 aliphatic heterocycles. The Morgan fingerprint density at radius 2 is 1.92 bits per heavy atom. The summed E-state index contributed by atoms with van der Waals surface area (Å²) >= 11 is 5.85. The van der Waals surface area contributed by atoms with Gasteiger partial charge in [0.1, 0.15) is 0 Å². The number of oxazole rings is 1. The molecule has 0 aliphatic carbocycles. The highest BCUT2D eigenvalue weighted by molar-refractivity contribution is 6.30. The molecule has 0 saturated carbocycles. The number of aromatic nitrogens is 1. The number of amides is 1. The maximum atomic E-state index is 11.7. The van der Waals surface area contributed by atoms with Gasteiger partial charge >= 0.3 is 0 Å². The van der Waals surface area contributed by atoms with Crippen molar-refractivity contribution in [3.8, 4) is 11.3 Å². The Bertz CT molecular complexity index is 603. The monoisotopic (exact) mass is 393 g/mol. The summed E-state index contributed by atoms with van der Waals surface area (Å²) in [7, 11) is 0. The smallest absolute Gasteiger partial charge is 0.220 e. The average Bonchev–Trinajstić information content (AvgIpc) is 2.99. The van der Waals surface area contributed by atoms with Gasteiger partial charge in [-0.1, -0.05) is 11.6 Å². The molecule has 2 rings (SSSR count). The zero-order valence-corrected chi connectivity index (χ0v) is 15.6. The van der Waals surface area contributed by atoms with Crippen LogP contribution in [0.5, 0.6) is 0 Å². The van der Waals surface area contributed by atoms with E-state index in [0.717, 1.165) is 18.4 Å². The largest absolute Gasteiger partial charge is 0.441 e. The molecule has 0 bridgehead atoms. The van der Waals surface area contributed by atoms with Crippen molar-refractivity contribution in [1.82, 2.24) is 10.3 Å². The first-order valence-electron chi connectivity index (χ1n) is 7.36. The molecule has 0 saturated heterocycles.